The molecule has 4 nitrogen and oxygen atoms in total. The molecule has 1 rings (SSSR count). The van der Waals surface area contributed by atoms with Crippen molar-refractivity contribution in [1.82, 2.24) is 0 Å². The van der Waals surface area contributed by atoms with Crippen LogP contribution in [0.25, 0.3) is 0 Å². The van der Waals surface area contributed by atoms with E-state index in [0.717, 1.165) is 0 Å². The Morgan fingerprint density at radius 1 is 1.41 bits per heavy atom. The molecule has 0 heterocycles. The van der Waals surface area contributed by atoms with E-state index in [9.17, 15) is 9.59 Å². The van der Waals surface area contributed by atoms with Crippen LogP contribution in [0.1, 0.15) is 16.8 Å². The van der Waals surface area contributed by atoms with Crippen LogP contribution in [-0.2, 0) is 4.79 Å². The minimum atomic E-state index is -1.22. The molecule has 0 bridgehead atoms. The Kier molecular flexibility index (Phi) is 4.54. The largest absolute Gasteiger partial charge is 0.478 e. The maximum atomic E-state index is 11.4. The molecule has 1 amide bonds. The van der Waals surface area contributed by atoms with Gasteiger partial charge in [0.25, 0.3) is 0 Å². The Morgan fingerprint density at radius 3 is 2.59 bits per heavy atom. The molecule has 1 aromatic carbocycles. The van der Waals surface area contributed by atoms with Gasteiger partial charge >= 0.3 is 5.97 Å². The number of anilines is 1. The highest BCUT2D eigenvalue weighted by Crippen LogP contribution is 2.30. The minimum absolute atomic E-state index is 0.0374. The van der Waals surface area contributed by atoms with Gasteiger partial charge in [0.2, 0.25) is 5.91 Å². The Hall–Kier alpha value is -1.52. The number of carboxylic acids is 1. The van der Waals surface area contributed by atoms with E-state index in [4.69, 9.17) is 28.3 Å². The summed E-state index contributed by atoms with van der Waals surface area (Å²) in [5.74, 6) is -1.62. The number of rotatable bonds is 4. The van der Waals surface area contributed by atoms with Crippen LogP contribution in [0.5, 0.6) is 0 Å². The molecule has 0 radical (unpaired) electrons. The van der Waals surface area contributed by atoms with Crippen molar-refractivity contribution in [2.24, 2.45) is 0 Å². The van der Waals surface area contributed by atoms with Gasteiger partial charge in [-0.15, -0.1) is 6.58 Å². The van der Waals surface area contributed by atoms with Crippen molar-refractivity contribution >= 4 is 40.8 Å². The summed E-state index contributed by atoms with van der Waals surface area (Å²) in [6.07, 6.45) is 1.47. The van der Waals surface area contributed by atoms with E-state index in [1.165, 1.54) is 18.2 Å². The normalized spacial score (nSPS) is 9.76. The Balaban J connectivity index is 3.17. The van der Waals surface area contributed by atoms with Crippen molar-refractivity contribution in [3.63, 3.8) is 0 Å². The fourth-order valence-electron chi connectivity index (χ4n) is 1.19. The predicted molar refractivity (Wildman–Crippen MR) is 66.9 cm³/mol. The average Bonchev–Trinajstić information content (AvgIpc) is 2.21. The standard InChI is InChI=1S/C11H9Cl2NO3/c1-2-3-9(15)14-10-7(11(16)17)4-6(12)5-8(10)13/h2,4-5H,1,3H2,(H,14,15)(H,16,17). The number of amides is 1. The molecule has 0 spiro atoms. The van der Waals surface area contributed by atoms with Crippen LogP contribution in [0.2, 0.25) is 10.0 Å². The van der Waals surface area contributed by atoms with Crippen LogP contribution >= 0.6 is 23.2 Å². The van der Waals surface area contributed by atoms with E-state index in [-0.39, 0.29) is 27.7 Å². The third kappa shape index (κ3) is 3.47. The number of aromatic carboxylic acids is 1. The highest BCUT2D eigenvalue weighted by atomic mass is 35.5. The average molecular weight is 274 g/mol. The smallest absolute Gasteiger partial charge is 0.337 e. The highest BCUT2D eigenvalue weighted by molar-refractivity contribution is 6.37. The highest BCUT2D eigenvalue weighted by Gasteiger charge is 2.16. The summed E-state index contributed by atoms with van der Waals surface area (Å²) >= 11 is 11.5. The van der Waals surface area contributed by atoms with Gasteiger partial charge in [0, 0.05) is 11.4 Å². The van der Waals surface area contributed by atoms with Crippen LogP contribution in [0.3, 0.4) is 0 Å². The van der Waals surface area contributed by atoms with E-state index in [0.29, 0.717) is 0 Å². The zero-order valence-corrected chi connectivity index (χ0v) is 10.2. The molecule has 0 aliphatic heterocycles. The van der Waals surface area contributed by atoms with Crippen LogP contribution in [-0.4, -0.2) is 17.0 Å². The molecule has 0 atom stereocenters. The maximum absolute atomic E-state index is 11.4. The van der Waals surface area contributed by atoms with Gasteiger partial charge in [0.05, 0.1) is 16.3 Å². The fraction of sp³-hybridized carbons (Fsp3) is 0.0909. The van der Waals surface area contributed by atoms with Gasteiger partial charge in [0.1, 0.15) is 0 Å². The van der Waals surface area contributed by atoms with Crippen molar-refractivity contribution in [2.45, 2.75) is 6.42 Å². The quantitative estimate of drug-likeness (QED) is 0.828. The summed E-state index contributed by atoms with van der Waals surface area (Å²) in [5, 5.41) is 11.6. The van der Waals surface area contributed by atoms with Gasteiger partial charge in [-0.1, -0.05) is 29.3 Å². The van der Waals surface area contributed by atoms with Crippen molar-refractivity contribution in [3.05, 3.63) is 40.4 Å². The molecule has 17 heavy (non-hydrogen) atoms. The first-order valence-corrected chi connectivity index (χ1v) is 5.34. The zero-order chi connectivity index (χ0) is 13.0. The lowest BCUT2D eigenvalue weighted by molar-refractivity contribution is -0.115. The lowest BCUT2D eigenvalue weighted by Crippen LogP contribution is -2.14. The molecule has 0 saturated carbocycles. The van der Waals surface area contributed by atoms with E-state index in [1.807, 2.05) is 0 Å². The molecule has 0 aliphatic rings. The summed E-state index contributed by atoms with van der Waals surface area (Å²) < 4.78 is 0. The third-order valence-electron chi connectivity index (χ3n) is 1.88. The van der Waals surface area contributed by atoms with Crippen LogP contribution < -0.4 is 5.32 Å². The molecule has 0 aromatic heterocycles. The molecule has 1 aromatic rings. The van der Waals surface area contributed by atoms with Crippen molar-refractivity contribution < 1.29 is 14.7 Å². The SMILES string of the molecule is C=CCC(=O)Nc1c(Cl)cc(Cl)cc1C(=O)O. The summed E-state index contributed by atoms with van der Waals surface area (Å²) in [6.45, 7) is 3.41. The van der Waals surface area contributed by atoms with Crippen molar-refractivity contribution in [2.75, 3.05) is 5.32 Å². The first-order valence-electron chi connectivity index (χ1n) is 4.58. The van der Waals surface area contributed by atoms with Crippen molar-refractivity contribution in [1.29, 1.82) is 0 Å². The van der Waals surface area contributed by atoms with Crippen LogP contribution in [0.15, 0.2) is 24.8 Å². The van der Waals surface area contributed by atoms with Gasteiger partial charge in [0.15, 0.2) is 0 Å². The number of halogens is 2. The Morgan fingerprint density at radius 2 is 2.06 bits per heavy atom. The molecular formula is C11H9Cl2NO3. The topological polar surface area (TPSA) is 66.4 Å². The monoisotopic (exact) mass is 273 g/mol. The number of carbonyl (C=O) groups is 2. The second kappa shape index (κ2) is 5.70. The van der Waals surface area contributed by atoms with Crippen LogP contribution in [0.4, 0.5) is 5.69 Å². The van der Waals surface area contributed by atoms with Crippen molar-refractivity contribution in [3.8, 4) is 0 Å². The summed E-state index contributed by atoms with van der Waals surface area (Å²) in [7, 11) is 0. The molecule has 0 saturated heterocycles. The fourth-order valence-corrected chi connectivity index (χ4v) is 1.73. The van der Waals surface area contributed by atoms with Gasteiger partial charge in [-0.25, -0.2) is 4.79 Å². The summed E-state index contributed by atoms with van der Waals surface area (Å²) in [4.78, 5) is 22.3. The van der Waals surface area contributed by atoms with Gasteiger partial charge < -0.3 is 10.4 Å². The first kappa shape index (κ1) is 13.5. The van der Waals surface area contributed by atoms with Crippen LogP contribution in [0, 0.1) is 0 Å². The lowest BCUT2D eigenvalue weighted by Gasteiger charge is -2.10. The lowest BCUT2D eigenvalue weighted by atomic mass is 10.1. The van der Waals surface area contributed by atoms with E-state index in [2.05, 4.69) is 11.9 Å². The summed E-state index contributed by atoms with van der Waals surface area (Å²) in [6, 6.07) is 2.58. The maximum Gasteiger partial charge on any atom is 0.337 e. The van der Waals surface area contributed by atoms with Gasteiger partial charge in [-0.3, -0.25) is 4.79 Å². The minimum Gasteiger partial charge on any atom is -0.478 e. The molecule has 0 fully saturated rings. The Bertz CT molecular complexity index is 486. The van der Waals surface area contributed by atoms with E-state index < -0.39 is 11.9 Å². The molecule has 0 aliphatic carbocycles. The predicted octanol–water partition coefficient (Wildman–Crippen LogP) is 3.21. The van der Waals surface area contributed by atoms with Gasteiger partial charge in [-0.05, 0) is 12.1 Å². The number of carboxylic acid groups (broad SMARTS) is 1. The number of nitrogens with one attached hydrogen (secondary N) is 1. The Labute approximate surface area is 108 Å². The first-order chi connectivity index (χ1) is 7.95. The molecular weight excluding hydrogens is 265 g/mol. The second-order valence-corrected chi connectivity index (χ2v) is 4.00. The van der Waals surface area contributed by atoms with Gasteiger partial charge in [-0.2, -0.15) is 0 Å². The summed E-state index contributed by atoms with van der Waals surface area (Å²) in [5.41, 5.74) is -0.115. The third-order valence-corrected chi connectivity index (χ3v) is 2.40. The molecule has 0 unspecified atom stereocenters. The molecule has 6 heteroatoms. The second-order valence-electron chi connectivity index (χ2n) is 3.16. The molecule has 90 valence electrons. The number of benzene rings is 1. The number of hydrogen-bond acceptors (Lipinski definition) is 2. The molecule has 2 N–H and O–H groups in total. The number of hydrogen-bond donors (Lipinski definition) is 2. The van der Waals surface area contributed by atoms with E-state index >= 15 is 0 Å². The number of carbonyl (C=O) groups excluding carboxylic acids is 1. The zero-order valence-electron chi connectivity index (χ0n) is 8.67. The van der Waals surface area contributed by atoms with E-state index in [1.54, 1.807) is 0 Å².